The van der Waals surface area contributed by atoms with Crippen LogP contribution in [0.5, 0.6) is 0 Å². The van der Waals surface area contributed by atoms with Gasteiger partial charge in [-0.3, -0.25) is 0 Å². The van der Waals surface area contributed by atoms with E-state index in [0.29, 0.717) is 11.3 Å². The Morgan fingerprint density at radius 1 is 0.532 bits per heavy atom. The predicted octanol–water partition coefficient (Wildman–Crippen LogP) is 9.65. The van der Waals surface area contributed by atoms with Gasteiger partial charge < -0.3 is 9.80 Å². The van der Waals surface area contributed by atoms with Gasteiger partial charge in [0.05, 0.1) is 17.1 Å². The van der Waals surface area contributed by atoms with E-state index in [0.717, 1.165) is 0 Å². The van der Waals surface area contributed by atoms with Gasteiger partial charge in [0.15, 0.2) is 0 Å². The number of hydrogen-bond acceptors (Lipinski definition) is 4. The molecule has 2 nitrogen and oxygen atoms in total. The van der Waals surface area contributed by atoms with Crippen LogP contribution >= 0.6 is 23.5 Å². The second-order valence-electron chi connectivity index (χ2n) is 13.5. The average molecular weight is 639 g/mol. The van der Waals surface area contributed by atoms with Crippen LogP contribution in [0.4, 0.5) is 28.4 Å². The number of para-hydroxylation sites is 1. The van der Waals surface area contributed by atoms with Crippen LogP contribution in [0.25, 0.3) is 22.3 Å². The van der Waals surface area contributed by atoms with Gasteiger partial charge in [-0.1, -0.05) is 122 Å². The summed E-state index contributed by atoms with van der Waals surface area (Å²) in [6.07, 6.45) is 5.20. The molecule has 5 heteroatoms. The summed E-state index contributed by atoms with van der Waals surface area (Å²) in [5, 5.41) is 0.622. The molecule has 11 rings (SSSR count). The summed E-state index contributed by atoms with van der Waals surface area (Å²) in [5.74, 6) is 0. The summed E-state index contributed by atoms with van der Waals surface area (Å²) in [6.45, 7) is 0.148. The second kappa shape index (κ2) is 10.1. The number of fused-ring (bicyclic) bond motifs is 10. The van der Waals surface area contributed by atoms with Gasteiger partial charge in [0.2, 0.25) is 0 Å². The normalized spacial score (nSPS) is 19.3. The first kappa shape index (κ1) is 26.7. The van der Waals surface area contributed by atoms with Crippen LogP contribution in [0.3, 0.4) is 0 Å². The fraction of sp³-hybridized carbons (Fsp3) is 0.143. The first-order valence-electron chi connectivity index (χ1n) is 16.9. The number of benzene rings is 6. The van der Waals surface area contributed by atoms with Crippen LogP contribution < -0.4 is 26.2 Å². The number of hydrogen-bond donors (Lipinski definition) is 0. The van der Waals surface area contributed by atoms with Crippen molar-refractivity contribution in [1.29, 1.82) is 0 Å². The lowest BCUT2D eigenvalue weighted by Crippen LogP contribution is -2.64. The minimum Gasteiger partial charge on any atom is -0.337 e. The molecule has 0 radical (unpaired) electrons. The third-order valence-electron chi connectivity index (χ3n) is 11.0. The molecule has 224 valence electrons. The average Bonchev–Trinajstić information content (AvgIpc) is 3.14. The Balaban J connectivity index is 1.25. The molecule has 4 aliphatic heterocycles. The molecule has 0 N–H and O–H groups in total. The minimum atomic E-state index is 0.148. The van der Waals surface area contributed by atoms with Crippen LogP contribution in [0.1, 0.15) is 25.7 Å². The van der Waals surface area contributed by atoms with E-state index < -0.39 is 0 Å². The molecule has 2 unspecified atom stereocenters. The van der Waals surface area contributed by atoms with Gasteiger partial charge in [0.1, 0.15) is 0 Å². The number of anilines is 5. The zero-order valence-corrected chi connectivity index (χ0v) is 27.5. The largest absolute Gasteiger partial charge is 0.337 e. The highest BCUT2D eigenvalue weighted by molar-refractivity contribution is 8.00. The van der Waals surface area contributed by atoms with Crippen molar-refractivity contribution in [2.45, 2.75) is 51.7 Å². The molecule has 0 amide bonds. The van der Waals surface area contributed by atoms with Crippen LogP contribution in [0.15, 0.2) is 142 Å². The molecule has 1 saturated carbocycles. The predicted molar refractivity (Wildman–Crippen MR) is 201 cm³/mol. The number of nitrogens with zero attached hydrogens (tertiary/aromatic N) is 2. The van der Waals surface area contributed by atoms with E-state index in [4.69, 9.17) is 0 Å². The lowest BCUT2D eigenvalue weighted by molar-refractivity contribution is 0.443. The molecule has 6 aromatic rings. The minimum absolute atomic E-state index is 0.148. The molecule has 4 heterocycles. The fourth-order valence-corrected chi connectivity index (χ4v) is 11.7. The van der Waals surface area contributed by atoms with Crippen LogP contribution in [-0.2, 0) is 0 Å². The molecular weight excluding hydrogens is 607 g/mol. The van der Waals surface area contributed by atoms with Crippen molar-refractivity contribution in [3.05, 3.63) is 127 Å². The molecule has 6 aromatic carbocycles. The third-order valence-corrected chi connectivity index (χ3v) is 13.5. The van der Waals surface area contributed by atoms with Crippen molar-refractivity contribution in [3.8, 4) is 22.3 Å². The van der Waals surface area contributed by atoms with Crippen molar-refractivity contribution in [3.63, 3.8) is 0 Å². The molecule has 1 fully saturated rings. The molecule has 2 atom stereocenters. The Morgan fingerprint density at radius 3 is 1.96 bits per heavy atom. The molecule has 0 spiro atoms. The van der Waals surface area contributed by atoms with E-state index in [2.05, 4.69) is 149 Å². The van der Waals surface area contributed by atoms with Crippen molar-refractivity contribution >= 4 is 75.1 Å². The van der Waals surface area contributed by atoms with E-state index in [-0.39, 0.29) is 6.71 Å². The Bertz CT molecular complexity index is 2250. The second-order valence-corrected chi connectivity index (χ2v) is 15.8. The monoisotopic (exact) mass is 638 g/mol. The molecular formula is C42H31BN2S2. The SMILES string of the molecule is c1ccc(-c2ccc3c(c2)B2c4cc(-c5ccccc5)ccc4N4c5c(cc6c(c52)N3c2ccccc2S6)SC2CCCCC24)cc1. The van der Waals surface area contributed by atoms with E-state index in [1.807, 2.05) is 11.8 Å². The van der Waals surface area contributed by atoms with Crippen LogP contribution in [0, 0.1) is 0 Å². The zero-order chi connectivity index (χ0) is 30.6. The molecule has 1 aliphatic carbocycles. The summed E-state index contributed by atoms with van der Waals surface area (Å²) < 4.78 is 0. The molecule has 0 saturated heterocycles. The van der Waals surface area contributed by atoms with Gasteiger partial charge in [-0.2, -0.15) is 0 Å². The molecule has 0 aromatic heterocycles. The van der Waals surface area contributed by atoms with Crippen molar-refractivity contribution in [1.82, 2.24) is 0 Å². The van der Waals surface area contributed by atoms with Crippen molar-refractivity contribution < 1.29 is 0 Å². The highest BCUT2D eigenvalue weighted by Gasteiger charge is 2.50. The van der Waals surface area contributed by atoms with Gasteiger partial charge in [0, 0.05) is 37.4 Å². The van der Waals surface area contributed by atoms with Crippen LogP contribution in [-0.4, -0.2) is 18.0 Å². The zero-order valence-electron chi connectivity index (χ0n) is 25.9. The maximum atomic E-state index is 2.82. The third kappa shape index (κ3) is 3.79. The topological polar surface area (TPSA) is 6.48 Å². The Morgan fingerprint density at radius 2 is 1.19 bits per heavy atom. The smallest absolute Gasteiger partial charge is 0.252 e. The summed E-state index contributed by atoms with van der Waals surface area (Å²) in [7, 11) is 0. The van der Waals surface area contributed by atoms with E-state index in [1.54, 1.807) is 0 Å². The molecule has 0 bridgehead atoms. The Kier molecular flexibility index (Phi) is 5.74. The van der Waals surface area contributed by atoms with Gasteiger partial charge >= 0.3 is 0 Å². The van der Waals surface area contributed by atoms with E-state index in [9.17, 15) is 0 Å². The van der Waals surface area contributed by atoms with Gasteiger partial charge in [-0.25, -0.2) is 0 Å². The molecule has 47 heavy (non-hydrogen) atoms. The fourth-order valence-electron chi connectivity index (χ4n) is 9.00. The highest BCUT2D eigenvalue weighted by atomic mass is 32.2. The molecule has 5 aliphatic rings. The maximum Gasteiger partial charge on any atom is 0.252 e. The standard InChI is InChI=1S/C42H31BN2S2/c1-3-11-26(12-4-1)28-19-21-32-30(23-28)43-31-24-29(27-13-5-2-6-14-27)20-22-33(31)45-35-16-8-10-18-37(35)47-39-25-38-41(40(43)42(39)45)44(32)34-15-7-9-17-36(34)46-38/h1-7,9,11-15,17,19-25,35,37H,8,10,16,18H2. The summed E-state index contributed by atoms with van der Waals surface area (Å²) in [6, 6.07) is 48.6. The first-order chi connectivity index (χ1) is 23.3. The maximum absolute atomic E-state index is 2.82. The lowest BCUT2D eigenvalue weighted by Gasteiger charge is -2.53. The summed E-state index contributed by atoms with van der Waals surface area (Å²) >= 11 is 4.13. The quantitative estimate of drug-likeness (QED) is 0.174. The Hall–Kier alpha value is -4.32. The van der Waals surface area contributed by atoms with E-state index >= 15 is 0 Å². The van der Waals surface area contributed by atoms with Gasteiger partial charge in [0.25, 0.3) is 6.71 Å². The van der Waals surface area contributed by atoms with Gasteiger partial charge in [-0.15, -0.1) is 11.8 Å². The lowest BCUT2D eigenvalue weighted by atomic mass is 9.33. The summed E-state index contributed by atoms with van der Waals surface area (Å²) in [5.41, 5.74) is 16.4. The van der Waals surface area contributed by atoms with Crippen LogP contribution in [0.2, 0.25) is 0 Å². The van der Waals surface area contributed by atoms with Gasteiger partial charge in [-0.05, 0) is 81.8 Å². The van der Waals surface area contributed by atoms with E-state index in [1.165, 1.54) is 107 Å². The highest BCUT2D eigenvalue weighted by Crippen LogP contribution is 2.58. The number of rotatable bonds is 2. The van der Waals surface area contributed by atoms with Crippen molar-refractivity contribution in [2.75, 3.05) is 9.80 Å². The summed E-state index contributed by atoms with van der Waals surface area (Å²) in [4.78, 5) is 9.63. The van der Waals surface area contributed by atoms with Crippen molar-refractivity contribution in [2.24, 2.45) is 0 Å². The number of thioether (sulfide) groups is 1. The Labute approximate surface area is 284 Å². The first-order valence-corrected chi connectivity index (χ1v) is 18.6.